The maximum Gasteiger partial charge on any atom is 0.344 e. The molecular formula is C15H16ClN3O4. The average molecular weight is 338 g/mol. The molecule has 0 atom stereocenters. The smallest absolute Gasteiger partial charge is 0.344 e. The SMILES string of the molecule is O=C(NN1C(=O)NC2(CCCCC2)C1=O)c1ccc(O)c(Cl)c1. The Kier molecular flexibility index (Phi) is 3.89. The second-order valence-corrected chi connectivity index (χ2v) is 6.23. The number of rotatable bonds is 2. The first-order chi connectivity index (χ1) is 10.9. The third-order valence-corrected chi connectivity index (χ3v) is 4.59. The fourth-order valence-electron chi connectivity index (χ4n) is 3.03. The Balaban J connectivity index is 1.76. The van der Waals surface area contributed by atoms with Crippen LogP contribution in [0.25, 0.3) is 0 Å². The zero-order chi connectivity index (χ0) is 16.6. The molecule has 2 fully saturated rings. The number of nitrogens with one attached hydrogen (secondary N) is 2. The monoisotopic (exact) mass is 337 g/mol. The van der Waals surface area contributed by atoms with Crippen molar-refractivity contribution in [1.82, 2.24) is 15.8 Å². The first-order valence-corrected chi connectivity index (χ1v) is 7.77. The molecule has 1 spiro atoms. The van der Waals surface area contributed by atoms with Gasteiger partial charge in [-0.15, -0.1) is 0 Å². The van der Waals surface area contributed by atoms with Crippen LogP contribution in [0.1, 0.15) is 42.5 Å². The van der Waals surface area contributed by atoms with Gasteiger partial charge in [0.15, 0.2) is 0 Å². The van der Waals surface area contributed by atoms with Gasteiger partial charge in [-0.1, -0.05) is 30.9 Å². The number of nitrogens with zero attached hydrogens (tertiary/aromatic N) is 1. The molecule has 1 heterocycles. The molecule has 1 saturated carbocycles. The van der Waals surface area contributed by atoms with Crippen molar-refractivity contribution in [3.05, 3.63) is 28.8 Å². The molecule has 0 radical (unpaired) electrons. The van der Waals surface area contributed by atoms with Gasteiger partial charge in [0.2, 0.25) is 0 Å². The summed E-state index contributed by atoms with van der Waals surface area (Å²) in [6.07, 6.45) is 3.91. The Hall–Kier alpha value is -2.28. The van der Waals surface area contributed by atoms with E-state index in [1.54, 1.807) is 0 Å². The summed E-state index contributed by atoms with van der Waals surface area (Å²) in [5.41, 5.74) is 1.55. The van der Waals surface area contributed by atoms with E-state index >= 15 is 0 Å². The second kappa shape index (κ2) is 5.73. The minimum absolute atomic E-state index is 0.0126. The first kappa shape index (κ1) is 15.6. The van der Waals surface area contributed by atoms with Gasteiger partial charge in [-0.05, 0) is 31.0 Å². The molecule has 1 aromatic rings. The molecule has 3 rings (SSSR count). The highest BCUT2D eigenvalue weighted by atomic mass is 35.5. The largest absolute Gasteiger partial charge is 0.506 e. The van der Waals surface area contributed by atoms with Crippen LogP contribution in [0.5, 0.6) is 5.75 Å². The molecule has 1 aliphatic heterocycles. The number of carbonyl (C=O) groups is 3. The van der Waals surface area contributed by atoms with Gasteiger partial charge in [-0.25, -0.2) is 4.79 Å². The number of hydrogen-bond acceptors (Lipinski definition) is 4. The predicted octanol–water partition coefficient (Wildman–Crippen LogP) is 1.95. The van der Waals surface area contributed by atoms with E-state index in [9.17, 15) is 19.5 Å². The summed E-state index contributed by atoms with van der Waals surface area (Å²) in [4.78, 5) is 36.8. The van der Waals surface area contributed by atoms with Crippen molar-refractivity contribution < 1.29 is 19.5 Å². The normalized spacial score (nSPS) is 19.8. The molecule has 23 heavy (non-hydrogen) atoms. The van der Waals surface area contributed by atoms with Gasteiger partial charge in [-0.3, -0.25) is 15.0 Å². The van der Waals surface area contributed by atoms with Gasteiger partial charge in [0.05, 0.1) is 5.02 Å². The first-order valence-electron chi connectivity index (χ1n) is 7.39. The maximum absolute atomic E-state index is 12.5. The van der Waals surface area contributed by atoms with Gasteiger partial charge in [0.1, 0.15) is 11.3 Å². The number of carbonyl (C=O) groups excluding carboxylic acids is 3. The van der Waals surface area contributed by atoms with Crippen LogP contribution < -0.4 is 10.7 Å². The molecule has 3 N–H and O–H groups in total. The van der Waals surface area contributed by atoms with Crippen molar-refractivity contribution in [2.75, 3.05) is 0 Å². The summed E-state index contributed by atoms with van der Waals surface area (Å²) in [5.74, 6) is -1.23. The highest BCUT2D eigenvalue weighted by Gasteiger charge is 2.52. The Morgan fingerprint density at radius 1 is 1.26 bits per heavy atom. The molecule has 1 aromatic carbocycles. The Morgan fingerprint density at radius 2 is 1.96 bits per heavy atom. The van der Waals surface area contributed by atoms with Crippen molar-refractivity contribution in [3.8, 4) is 5.75 Å². The number of imide groups is 1. The summed E-state index contributed by atoms with van der Waals surface area (Å²) >= 11 is 5.76. The van der Waals surface area contributed by atoms with E-state index in [-0.39, 0.29) is 16.3 Å². The van der Waals surface area contributed by atoms with Gasteiger partial charge in [0, 0.05) is 5.56 Å². The molecule has 0 bridgehead atoms. The van der Waals surface area contributed by atoms with Crippen LogP contribution in [0.2, 0.25) is 5.02 Å². The fraction of sp³-hybridized carbons (Fsp3) is 0.400. The lowest BCUT2D eigenvalue weighted by Crippen LogP contribution is -2.50. The number of phenolic OH excluding ortho intramolecular Hbond substituents is 1. The van der Waals surface area contributed by atoms with Crippen LogP contribution >= 0.6 is 11.6 Å². The summed E-state index contributed by atoms with van der Waals surface area (Å²) in [6.45, 7) is 0. The van der Waals surface area contributed by atoms with Gasteiger partial charge in [0.25, 0.3) is 11.8 Å². The third-order valence-electron chi connectivity index (χ3n) is 4.29. The molecule has 1 saturated heterocycles. The number of hydrogen-bond donors (Lipinski definition) is 3. The van der Waals surface area contributed by atoms with E-state index in [0.717, 1.165) is 24.3 Å². The van der Waals surface area contributed by atoms with Crippen molar-refractivity contribution in [2.45, 2.75) is 37.6 Å². The van der Waals surface area contributed by atoms with Crippen molar-refractivity contribution in [1.29, 1.82) is 0 Å². The van der Waals surface area contributed by atoms with Crippen molar-refractivity contribution >= 4 is 29.4 Å². The quantitative estimate of drug-likeness (QED) is 0.718. The number of aromatic hydroxyl groups is 1. The van der Waals surface area contributed by atoms with E-state index < -0.39 is 23.4 Å². The molecule has 8 heteroatoms. The number of amides is 4. The summed E-state index contributed by atoms with van der Waals surface area (Å²) < 4.78 is 0. The summed E-state index contributed by atoms with van der Waals surface area (Å²) in [7, 11) is 0. The van der Waals surface area contributed by atoms with Crippen LogP contribution in [0.3, 0.4) is 0 Å². The highest BCUT2D eigenvalue weighted by molar-refractivity contribution is 6.32. The third kappa shape index (κ3) is 2.72. The van der Waals surface area contributed by atoms with Crippen LogP contribution in [0.4, 0.5) is 4.79 Å². The second-order valence-electron chi connectivity index (χ2n) is 5.82. The van der Waals surface area contributed by atoms with E-state index in [4.69, 9.17) is 11.6 Å². The van der Waals surface area contributed by atoms with Crippen LogP contribution in [-0.4, -0.2) is 33.5 Å². The molecular weight excluding hydrogens is 322 g/mol. The molecule has 0 unspecified atom stereocenters. The average Bonchev–Trinajstić information content (AvgIpc) is 2.75. The fourth-order valence-corrected chi connectivity index (χ4v) is 3.21. The van der Waals surface area contributed by atoms with E-state index in [1.165, 1.54) is 18.2 Å². The van der Waals surface area contributed by atoms with Crippen LogP contribution in [0, 0.1) is 0 Å². The zero-order valence-corrected chi connectivity index (χ0v) is 13.0. The van der Waals surface area contributed by atoms with Gasteiger partial charge < -0.3 is 10.4 Å². The standard InChI is InChI=1S/C15H16ClN3O4/c16-10-8-9(4-5-11(10)20)12(21)18-19-13(22)15(17-14(19)23)6-2-1-3-7-15/h4-5,8,20H,1-3,6-7H2,(H,17,23)(H,18,21). The molecule has 1 aliphatic carbocycles. The Labute approximate surface area is 137 Å². The number of hydrazine groups is 1. The Bertz CT molecular complexity index is 685. The predicted molar refractivity (Wildman–Crippen MR) is 81.8 cm³/mol. The van der Waals surface area contributed by atoms with Gasteiger partial charge in [-0.2, -0.15) is 5.01 Å². The van der Waals surface area contributed by atoms with Crippen molar-refractivity contribution in [3.63, 3.8) is 0 Å². The number of urea groups is 1. The number of benzene rings is 1. The molecule has 7 nitrogen and oxygen atoms in total. The van der Waals surface area contributed by atoms with Crippen molar-refractivity contribution in [2.24, 2.45) is 0 Å². The maximum atomic E-state index is 12.5. The van der Waals surface area contributed by atoms with Gasteiger partial charge >= 0.3 is 6.03 Å². The van der Waals surface area contributed by atoms with E-state index in [1.807, 2.05) is 0 Å². The lowest BCUT2D eigenvalue weighted by Gasteiger charge is -2.30. The lowest BCUT2D eigenvalue weighted by molar-refractivity contribution is -0.134. The van der Waals surface area contributed by atoms with E-state index in [0.29, 0.717) is 12.8 Å². The number of halogens is 1. The molecule has 4 amide bonds. The van der Waals surface area contributed by atoms with Crippen LogP contribution in [0.15, 0.2) is 18.2 Å². The molecule has 0 aromatic heterocycles. The number of phenols is 1. The van der Waals surface area contributed by atoms with E-state index in [2.05, 4.69) is 10.7 Å². The topological polar surface area (TPSA) is 98.7 Å². The summed E-state index contributed by atoms with van der Waals surface area (Å²) in [5, 5.41) is 12.8. The lowest BCUT2D eigenvalue weighted by atomic mass is 9.82. The molecule has 122 valence electrons. The zero-order valence-electron chi connectivity index (χ0n) is 12.3. The molecule has 2 aliphatic rings. The van der Waals surface area contributed by atoms with Crippen LogP contribution in [-0.2, 0) is 4.79 Å². The Morgan fingerprint density at radius 3 is 2.61 bits per heavy atom. The minimum atomic E-state index is -0.894. The minimum Gasteiger partial charge on any atom is -0.506 e. The summed E-state index contributed by atoms with van der Waals surface area (Å²) in [6, 6.07) is 3.26. The highest BCUT2D eigenvalue weighted by Crippen LogP contribution is 2.33.